The molecule has 1 fully saturated rings. The molecule has 6 nitrogen and oxygen atoms in total. The highest BCUT2D eigenvalue weighted by molar-refractivity contribution is 7.90. The molecule has 0 aliphatic carbocycles. The molecule has 1 N–H and O–H groups in total. The molecule has 1 saturated heterocycles. The number of pyridine rings is 1. The quantitative estimate of drug-likeness (QED) is 0.460. The highest BCUT2D eigenvalue weighted by atomic mass is 32.2. The van der Waals surface area contributed by atoms with E-state index in [1.54, 1.807) is 12.1 Å². The van der Waals surface area contributed by atoms with E-state index in [0.29, 0.717) is 18.2 Å². The minimum atomic E-state index is -4.84. The summed E-state index contributed by atoms with van der Waals surface area (Å²) >= 11 is 1.18. The van der Waals surface area contributed by atoms with Gasteiger partial charge in [0.05, 0.1) is 34.4 Å². The van der Waals surface area contributed by atoms with Gasteiger partial charge in [0, 0.05) is 24.0 Å². The predicted octanol–water partition coefficient (Wildman–Crippen LogP) is 4.49. The average Bonchev–Trinajstić information content (AvgIpc) is 3.21. The van der Waals surface area contributed by atoms with Crippen LogP contribution in [-0.4, -0.2) is 36.4 Å². The summed E-state index contributed by atoms with van der Waals surface area (Å²) in [5, 5.41) is 3.41. The second-order valence-corrected chi connectivity index (χ2v) is 10.3. The highest BCUT2D eigenvalue weighted by Crippen LogP contribution is 2.36. The number of nitrogens with one attached hydrogen (secondary N) is 1. The molecule has 0 spiro atoms. The first-order valence-electron chi connectivity index (χ1n) is 10.0. The molecule has 3 heterocycles. The predicted molar refractivity (Wildman–Crippen MR) is 116 cm³/mol. The molecule has 12 heteroatoms. The lowest BCUT2D eigenvalue weighted by atomic mass is 10.0. The number of hydrogen-bond donors (Lipinski definition) is 1. The molecular weight excluding hydrogens is 480 g/mol. The molecule has 33 heavy (non-hydrogen) atoms. The summed E-state index contributed by atoms with van der Waals surface area (Å²) in [4.78, 5) is 9.73. The molecule has 0 unspecified atom stereocenters. The standard InChI is InChI=1S/C21H20F4N4O2S2/c22-18-4-1-3-14(10-29-5-2-6-29)16(18)8-26-19-9-27-20(7-17(19)21(23,24)25)33(30,31)12-15-11-32-13-28-15/h1,3-4,7,9,11,13,26H,2,5-6,8,10,12H2. The normalized spacial score (nSPS) is 14.8. The lowest BCUT2D eigenvalue weighted by Crippen LogP contribution is -2.36. The molecule has 0 atom stereocenters. The molecule has 0 amide bonds. The number of halogens is 4. The van der Waals surface area contributed by atoms with Gasteiger partial charge in [0.2, 0.25) is 9.84 Å². The Hall–Kier alpha value is -2.57. The van der Waals surface area contributed by atoms with Crippen molar-refractivity contribution < 1.29 is 26.0 Å². The van der Waals surface area contributed by atoms with E-state index in [2.05, 4.69) is 20.2 Å². The van der Waals surface area contributed by atoms with Gasteiger partial charge < -0.3 is 5.32 Å². The second-order valence-electron chi connectivity index (χ2n) is 7.67. The van der Waals surface area contributed by atoms with Gasteiger partial charge in [0.25, 0.3) is 0 Å². The lowest BCUT2D eigenvalue weighted by molar-refractivity contribution is -0.137. The smallest absolute Gasteiger partial charge is 0.379 e. The Bertz CT molecular complexity index is 1230. The summed E-state index contributed by atoms with van der Waals surface area (Å²) in [6.07, 6.45) is -2.96. The van der Waals surface area contributed by atoms with Gasteiger partial charge in [-0.3, -0.25) is 4.90 Å². The zero-order chi connectivity index (χ0) is 23.6. The van der Waals surface area contributed by atoms with E-state index in [4.69, 9.17) is 0 Å². The van der Waals surface area contributed by atoms with Crippen molar-refractivity contribution in [3.8, 4) is 0 Å². The van der Waals surface area contributed by atoms with Crippen molar-refractivity contribution in [2.75, 3.05) is 18.4 Å². The van der Waals surface area contributed by atoms with Crippen molar-refractivity contribution in [1.82, 2.24) is 14.9 Å². The van der Waals surface area contributed by atoms with Crippen LogP contribution in [0.15, 0.2) is 46.4 Å². The number of aromatic nitrogens is 2. The van der Waals surface area contributed by atoms with E-state index in [9.17, 15) is 26.0 Å². The van der Waals surface area contributed by atoms with Crippen LogP contribution < -0.4 is 5.32 Å². The van der Waals surface area contributed by atoms with E-state index in [1.807, 2.05) is 0 Å². The molecule has 4 rings (SSSR count). The number of hydrogen-bond acceptors (Lipinski definition) is 7. The van der Waals surface area contributed by atoms with Crippen LogP contribution in [0.2, 0.25) is 0 Å². The van der Waals surface area contributed by atoms with Gasteiger partial charge >= 0.3 is 6.18 Å². The summed E-state index contributed by atoms with van der Waals surface area (Å²) in [6, 6.07) is 5.08. The SMILES string of the molecule is O=S(=O)(Cc1cscn1)c1cc(C(F)(F)F)c(NCc2c(F)cccc2CN2CCC2)cn1. The fourth-order valence-corrected chi connectivity index (χ4v) is 5.34. The molecule has 0 radical (unpaired) electrons. The lowest BCUT2D eigenvalue weighted by Gasteiger charge is -2.31. The van der Waals surface area contributed by atoms with Crippen LogP contribution in [-0.2, 0) is 34.9 Å². The average molecular weight is 501 g/mol. The molecule has 1 aliphatic rings. The first-order chi connectivity index (χ1) is 15.6. The number of benzene rings is 1. The van der Waals surface area contributed by atoms with Crippen LogP contribution in [0.1, 0.15) is 28.8 Å². The topological polar surface area (TPSA) is 75.2 Å². The van der Waals surface area contributed by atoms with Crippen LogP contribution in [0.4, 0.5) is 23.2 Å². The zero-order valence-corrected chi connectivity index (χ0v) is 18.9. The van der Waals surface area contributed by atoms with Gasteiger partial charge in [-0.2, -0.15) is 13.2 Å². The molecule has 0 saturated carbocycles. The molecule has 1 aromatic carbocycles. The van der Waals surface area contributed by atoms with Crippen molar-refractivity contribution >= 4 is 26.9 Å². The van der Waals surface area contributed by atoms with E-state index in [-0.39, 0.29) is 17.8 Å². The van der Waals surface area contributed by atoms with Crippen LogP contribution in [0.3, 0.4) is 0 Å². The van der Waals surface area contributed by atoms with Crippen LogP contribution in [0.25, 0.3) is 0 Å². The van der Waals surface area contributed by atoms with E-state index >= 15 is 0 Å². The Balaban J connectivity index is 1.60. The van der Waals surface area contributed by atoms with Gasteiger partial charge in [0.1, 0.15) is 5.82 Å². The molecule has 176 valence electrons. The van der Waals surface area contributed by atoms with E-state index in [1.165, 1.54) is 28.3 Å². The highest BCUT2D eigenvalue weighted by Gasteiger charge is 2.36. The summed E-state index contributed by atoms with van der Waals surface area (Å²) in [5.41, 5.74) is 1.00. The molecule has 3 aromatic rings. The summed E-state index contributed by atoms with van der Waals surface area (Å²) in [6.45, 7) is 2.09. The number of sulfone groups is 1. The Morgan fingerprint density at radius 3 is 2.61 bits per heavy atom. The minimum absolute atomic E-state index is 0.203. The van der Waals surface area contributed by atoms with Crippen molar-refractivity contribution in [1.29, 1.82) is 0 Å². The number of nitrogens with zero attached hydrogens (tertiary/aromatic N) is 3. The Labute approximate surface area is 192 Å². The number of alkyl halides is 3. The summed E-state index contributed by atoms with van der Waals surface area (Å²) < 4.78 is 80.8. The van der Waals surface area contributed by atoms with Crippen molar-refractivity contribution in [3.63, 3.8) is 0 Å². The third kappa shape index (κ3) is 5.50. The van der Waals surface area contributed by atoms with Crippen LogP contribution in [0.5, 0.6) is 0 Å². The van der Waals surface area contributed by atoms with E-state index < -0.39 is 43.9 Å². The largest absolute Gasteiger partial charge is 0.418 e. The Kier molecular flexibility index (Phi) is 6.68. The first kappa shape index (κ1) is 23.6. The number of likely N-dealkylation sites (tertiary alicyclic amines) is 1. The molecule has 1 aliphatic heterocycles. The molecular formula is C21H20F4N4O2S2. The maximum absolute atomic E-state index is 14.5. The van der Waals surface area contributed by atoms with Crippen LogP contribution in [0, 0.1) is 5.82 Å². The van der Waals surface area contributed by atoms with Gasteiger partial charge in [-0.05, 0) is 37.2 Å². The Morgan fingerprint density at radius 1 is 1.18 bits per heavy atom. The van der Waals surface area contributed by atoms with Gasteiger partial charge in [0.15, 0.2) is 5.03 Å². The second kappa shape index (κ2) is 9.35. The number of anilines is 1. The van der Waals surface area contributed by atoms with E-state index in [0.717, 1.165) is 25.7 Å². The van der Waals surface area contributed by atoms with Gasteiger partial charge in [-0.1, -0.05) is 12.1 Å². The third-order valence-corrected chi connectivity index (χ3v) is 7.51. The fraction of sp³-hybridized carbons (Fsp3) is 0.333. The molecule has 0 bridgehead atoms. The molecule has 2 aromatic heterocycles. The first-order valence-corrected chi connectivity index (χ1v) is 12.6. The van der Waals surface area contributed by atoms with Crippen LogP contribution >= 0.6 is 11.3 Å². The minimum Gasteiger partial charge on any atom is -0.379 e. The fourth-order valence-electron chi connectivity index (χ4n) is 3.47. The monoisotopic (exact) mass is 500 g/mol. The van der Waals surface area contributed by atoms with Crippen molar-refractivity contribution in [2.24, 2.45) is 0 Å². The Morgan fingerprint density at radius 2 is 1.97 bits per heavy atom. The maximum Gasteiger partial charge on any atom is 0.418 e. The summed E-state index contributed by atoms with van der Waals surface area (Å²) in [7, 11) is -4.13. The van der Waals surface area contributed by atoms with Gasteiger partial charge in [-0.15, -0.1) is 11.3 Å². The maximum atomic E-state index is 14.5. The zero-order valence-electron chi connectivity index (χ0n) is 17.3. The van der Waals surface area contributed by atoms with Crippen molar-refractivity contribution in [2.45, 2.75) is 36.5 Å². The van der Waals surface area contributed by atoms with Crippen molar-refractivity contribution in [3.05, 3.63) is 69.6 Å². The van der Waals surface area contributed by atoms with Gasteiger partial charge in [-0.25, -0.2) is 22.8 Å². The third-order valence-electron chi connectivity index (χ3n) is 5.34. The number of rotatable bonds is 8. The number of thiazole rings is 1. The summed E-state index contributed by atoms with van der Waals surface area (Å²) in [5.74, 6) is -1.08.